The lowest BCUT2D eigenvalue weighted by Gasteiger charge is -1.99. The van der Waals surface area contributed by atoms with E-state index in [4.69, 9.17) is 11.0 Å². The van der Waals surface area contributed by atoms with Gasteiger partial charge in [-0.3, -0.25) is 0 Å². The Balaban J connectivity index is 2.34. The maximum atomic E-state index is 8.90. The van der Waals surface area contributed by atoms with Crippen LogP contribution in [0.2, 0.25) is 0 Å². The molecule has 0 aliphatic carbocycles. The number of hydrogen-bond acceptors (Lipinski definition) is 2. The second-order valence-electron chi connectivity index (χ2n) is 3.68. The minimum Gasteiger partial charge on any atom is -0.396 e. The largest absolute Gasteiger partial charge is 0.396 e. The van der Waals surface area contributed by atoms with E-state index < -0.39 is 0 Å². The van der Waals surface area contributed by atoms with E-state index >= 15 is 0 Å². The lowest BCUT2D eigenvalue weighted by molar-refractivity contribution is 0.862. The summed E-state index contributed by atoms with van der Waals surface area (Å²) in [7, 11) is 0. The summed E-state index contributed by atoms with van der Waals surface area (Å²) in [5.74, 6) is 0. The van der Waals surface area contributed by atoms with Crippen LogP contribution in [0.5, 0.6) is 0 Å². The monoisotopic (exact) mass is 195 g/mol. The fraction of sp³-hybridized carbons (Fsp3) is 0.0833. The third-order valence-electron chi connectivity index (χ3n) is 2.86. The van der Waals surface area contributed by atoms with Crippen LogP contribution in [0, 0.1) is 11.3 Å². The highest BCUT2D eigenvalue weighted by Crippen LogP contribution is 2.30. The zero-order valence-electron chi connectivity index (χ0n) is 8.07. The van der Waals surface area contributed by atoms with E-state index in [-0.39, 0.29) is 0 Å². The van der Waals surface area contributed by atoms with Gasteiger partial charge < -0.3 is 10.3 Å². The van der Waals surface area contributed by atoms with Crippen molar-refractivity contribution >= 4 is 16.6 Å². The third-order valence-corrected chi connectivity index (χ3v) is 2.86. The Kier molecular flexibility index (Phi) is 1.43. The smallest absolute Gasteiger partial charge is 0.0988 e. The number of nitrogens with two attached hydrogens (primary N) is 1. The van der Waals surface area contributed by atoms with Crippen LogP contribution in [-0.2, 0) is 6.54 Å². The predicted molar refractivity (Wildman–Crippen MR) is 58.7 cm³/mol. The molecular formula is C12H9N3. The molecule has 0 fully saturated rings. The van der Waals surface area contributed by atoms with Crippen molar-refractivity contribution in [2.45, 2.75) is 6.54 Å². The van der Waals surface area contributed by atoms with Crippen LogP contribution in [0.15, 0.2) is 35.9 Å². The molecule has 0 amide bonds. The van der Waals surface area contributed by atoms with E-state index in [0.717, 1.165) is 11.2 Å². The number of rotatable bonds is 0. The van der Waals surface area contributed by atoms with Crippen LogP contribution in [0.3, 0.4) is 0 Å². The van der Waals surface area contributed by atoms with Gasteiger partial charge in [-0.15, -0.1) is 0 Å². The first-order chi connectivity index (χ1) is 7.31. The summed E-state index contributed by atoms with van der Waals surface area (Å²) in [4.78, 5) is 0. The van der Waals surface area contributed by atoms with Gasteiger partial charge >= 0.3 is 0 Å². The first kappa shape index (κ1) is 8.13. The van der Waals surface area contributed by atoms with Crippen LogP contribution >= 0.6 is 0 Å². The number of allylic oxidation sites excluding steroid dienone is 1. The summed E-state index contributed by atoms with van der Waals surface area (Å²) >= 11 is 0. The number of aromatic nitrogens is 1. The Hall–Kier alpha value is -2.21. The first-order valence-electron chi connectivity index (χ1n) is 4.78. The van der Waals surface area contributed by atoms with Crippen molar-refractivity contribution in [3.05, 3.63) is 41.6 Å². The van der Waals surface area contributed by atoms with Crippen molar-refractivity contribution in [3.8, 4) is 6.07 Å². The Bertz CT molecular complexity index is 626. The molecule has 0 radical (unpaired) electrons. The minimum atomic E-state index is 0.602. The molecule has 1 aromatic heterocycles. The SMILES string of the molecule is N#CC1=C(N)c2cc3ccccc3n2C1. The van der Waals surface area contributed by atoms with Gasteiger partial charge in [0.15, 0.2) is 0 Å². The van der Waals surface area contributed by atoms with Gasteiger partial charge in [0, 0.05) is 10.9 Å². The van der Waals surface area contributed by atoms with Gasteiger partial charge in [0.25, 0.3) is 0 Å². The molecule has 2 heterocycles. The maximum Gasteiger partial charge on any atom is 0.0988 e. The fourth-order valence-corrected chi connectivity index (χ4v) is 2.10. The zero-order chi connectivity index (χ0) is 10.4. The molecule has 72 valence electrons. The van der Waals surface area contributed by atoms with Crippen molar-refractivity contribution in [2.75, 3.05) is 0 Å². The van der Waals surface area contributed by atoms with Gasteiger partial charge in [-0.05, 0) is 12.1 Å². The number of fused-ring (bicyclic) bond motifs is 3. The molecule has 0 bridgehead atoms. The van der Waals surface area contributed by atoms with E-state index in [1.54, 1.807) is 0 Å². The van der Waals surface area contributed by atoms with Gasteiger partial charge in [-0.2, -0.15) is 5.26 Å². The summed E-state index contributed by atoms with van der Waals surface area (Å²) in [6.07, 6.45) is 0. The number of hydrogen-bond donors (Lipinski definition) is 1. The molecule has 1 aromatic carbocycles. The van der Waals surface area contributed by atoms with Crippen molar-refractivity contribution in [3.63, 3.8) is 0 Å². The standard InChI is InChI=1S/C12H9N3/c13-6-9-7-15-10-4-2-1-3-8(10)5-11(15)12(9)14/h1-5H,7,14H2. The van der Waals surface area contributed by atoms with Crippen molar-refractivity contribution in [2.24, 2.45) is 5.73 Å². The van der Waals surface area contributed by atoms with E-state index in [0.29, 0.717) is 17.8 Å². The molecule has 15 heavy (non-hydrogen) atoms. The number of nitriles is 1. The lowest BCUT2D eigenvalue weighted by atomic mass is 10.2. The van der Waals surface area contributed by atoms with Crippen LogP contribution in [0.1, 0.15) is 5.69 Å². The predicted octanol–water partition coefficient (Wildman–Crippen LogP) is 1.85. The fourth-order valence-electron chi connectivity index (χ4n) is 2.10. The van der Waals surface area contributed by atoms with E-state index in [1.165, 1.54) is 5.39 Å². The number of nitrogens with zero attached hydrogens (tertiary/aromatic N) is 2. The van der Waals surface area contributed by atoms with Crippen LogP contribution in [-0.4, -0.2) is 4.57 Å². The topological polar surface area (TPSA) is 54.7 Å². The van der Waals surface area contributed by atoms with Gasteiger partial charge in [0.1, 0.15) is 0 Å². The Labute approximate surface area is 87.0 Å². The third kappa shape index (κ3) is 0.934. The molecule has 0 atom stereocenters. The second-order valence-corrected chi connectivity index (χ2v) is 3.68. The lowest BCUT2D eigenvalue weighted by Crippen LogP contribution is -1.95. The molecule has 2 N–H and O–H groups in total. The molecular weight excluding hydrogens is 186 g/mol. The van der Waals surface area contributed by atoms with Crippen LogP contribution < -0.4 is 5.73 Å². The molecule has 1 aliphatic rings. The molecule has 0 saturated carbocycles. The van der Waals surface area contributed by atoms with E-state index in [1.807, 2.05) is 24.3 Å². The highest BCUT2D eigenvalue weighted by Gasteiger charge is 2.21. The summed E-state index contributed by atoms with van der Waals surface area (Å²) in [5.41, 5.74) is 9.29. The van der Waals surface area contributed by atoms with Crippen LogP contribution in [0.4, 0.5) is 0 Å². The summed E-state index contributed by atoms with van der Waals surface area (Å²) in [5, 5.41) is 10.1. The normalized spacial score (nSPS) is 14.3. The highest BCUT2D eigenvalue weighted by atomic mass is 15.0. The Morgan fingerprint density at radius 1 is 1.33 bits per heavy atom. The molecule has 3 rings (SSSR count). The number of benzene rings is 1. The molecule has 0 unspecified atom stereocenters. The Morgan fingerprint density at radius 2 is 2.13 bits per heavy atom. The zero-order valence-corrected chi connectivity index (χ0v) is 8.07. The van der Waals surface area contributed by atoms with Crippen molar-refractivity contribution in [1.29, 1.82) is 5.26 Å². The summed E-state index contributed by atoms with van der Waals surface area (Å²) < 4.78 is 2.09. The molecule has 2 aromatic rings. The van der Waals surface area contributed by atoms with Crippen molar-refractivity contribution < 1.29 is 0 Å². The molecule has 0 spiro atoms. The highest BCUT2D eigenvalue weighted by molar-refractivity contribution is 5.88. The minimum absolute atomic E-state index is 0.602. The molecule has 3 nitrogen and oxygen atoms in total. The van der Waals surface area contributed by atoms with Gasteiger partial charge in [-0.1, -0.05) is 18.2 Å². The second kappa shape index (κ2) is 2.64. The quantitative estimate of drug-likeness (QED) is 0.697. The average Bonchev–Trinajstić information content (AvgIpc) is 2.76. The Morgan fingerprint density at radius 3 is 2.93 bits per heavy atom. The molecule has 0 saturated heterocycles. The first-order valence-corrected chi connectivity index (χ1v) is 4.78. The maximum absolute atomic E-state index is 8.90. The van der Waals surface area contributed by atoms with E-state index in [2.05, 4.69) is 16.7 Å². The van der Waals surface area contributed by atoms with Gasteiger partial charge in [-0.25, -0.2) is 0 Å². The number of para-hydroxylation sites is 1. The van der Waals surface area contributed by atoms with Crippen molar-refractivity contribution in [1.82, 2.24) is 4.57 Å². The summed E-state index contributed by atoms with van der Waals surface area (Å²) in [6.45, 7) is 0.602. The molecule has 3 heteroatoms. The average molecular weight is 195 g/mol. The van der Waals surface area contributed by atoms with E-state index in [9.17, 15) is 0 Å². The van der Waals surface area contributed by atoms with Crippen LogP contribution in [0.25, 0.3) is 16.6 Å². The summed E-state index contributed by atoms with van der Waals surface area (Å²) in [6, 6.07) is 12.3. The van der Waals surface area contributed by atoms with Gasteiger partial charge in [0.05, 0.1) is 29.6 Å². The molecule has 1 aliphatic heterocycles. The van der Waals surface area contributed by atoms with Gasteiger partial charge in [0.2, 0.25) is 0 Å².